The molecule has 0 spiro atoms. The Morgan fingerprint density at radius 1 is 0.333 bits per heavy atom. The summed E-state index contributed by atoms with van der Waals surface area (Å²) in [6.07, 6.45) is 0. The van der Waals surface area contributed by atoms with Gasteiger partial charge in [0.2, 0.25) is 0 Å². The Hall–Kier alpha value is -1.10. The second-order valence-electron chi connectivity index (χ2n) is 10.6. The molecule has 0 aliphatic heterocycles. The minimum Gasteiger partial charge on any atom is -0.143 e. The van der Waals surface area contributed by atoms with Crippen molar-refractivity contribution in [2.45, 2.75) is 63.8 Å². The number of hydrogen-bond acceptors (Lipinski definition) is 8. The van der Waals surface area contributed by atoms with Crippen LogP contribution in [0, 0.1) is 0 Å². The topological polar surface area (TPSA) is 0 Å². The molecule has 0 atom stereocenters. The SMILES string of the molecule is CC(c1ccc(C(C)(c2ccc(S)cc2S)c2ccc(S)cc2S)cc1)(c1ccc(S)cc1S)c1ccc(S)cc1S. The van der Waals surface area contributed by atoms with E-state index in [1.165, 1.54) is 0 Å². The fraction of sp³-hybridized carbons (Fsp3) is 0.118. The molecule has 0 aliphatic carbocycles. The summed E-state index contributed by atoms with van der Waals surface area (Å²) in [5, 5.41) is 0. The van der Waals surface area contributed by atoms with Gasteiger partial charge < -0.3 is 0 Å². The fourth-order valence-corrected chi connectivity index (χ4v) is 8.79. The van der Waals surface area contributed by atoms with Gasteiger partial charge in [-0.3, -0.25) is 0 Å². The second-order valence-corrected chi connectivity index (χ2v) is 14.6. The van der Waals surface area contributed by atoms with Gasteiger partial charge in [0.25, 0.3) is 0 Å². The molecule has 0 nitrogen and oxygen atoms in total. The van der Waals surface area contributed by atoms with E-state index in [2.05, 4.69) is 113 Å². The lowest BCUT2D eigenvalue weighted by Crippen LogP contribution is -2.29. The minimum absolute atomic E-state index is 0.559. The van der Waals surface area contributed by atoms with Gasteiger partial charge in [0.05, 0.1) is 0 Å². The zero-order chi connectivity index (χ0) is 30.4. The van der Waals surface area contributed by atoms with Crippen molar-refractivity contribution in [2.75, 3.05) is 0 Å². The predicted molar refractivity (Wildman–Crippen MR) is 201 cm³/mol. The van der Waals surface area contributed by atoms with Crippen LogP contribution >= 0.6 is 101 Å². The van der Waals surface area contributed by atoms with Crippen molar-refractivity contribution in [3.63, 3.8) is 0 Å². The van der Waals surface area contributed by atoms with Crippen molar-refractivity contribution in [3.05, 3.63) is 130 Å². The average molecular weight is 695 g/mol. The Balaban J connectivity index is 1.75. The predicted octanol–water partition coefficient (Wildman–Crippen LogP) is 10.7. The molecule has 0 heterocycles. The molecule has 5 aromatic carbocycles. The molecule has 8 heteroatoms. The maximum absolute atomic E-state index is 4.90. The highest BCUT2D eigenvalue weighted by atomic mass is 32.1. The van der Waals surface area contributed by atoms with E-state index >= 15 is 0 Å². The minimum atomic E-state index is -0.559. The van der Waals surface area contributed by atoms with Gasteiger partial charge in [-0.2, -0.15) is 0 Å². The normalized spacial score (nSPS) is 12.0. The quantitative estimate of drug-likeness (QED) is 0.0630. The summed E-state index contributed by atoms with van der Waals surface area (Å²) in [4.78, 5) is 6.88. The highest BCUT2D eigenvalue weighted by Gasteiger charge is 2.37. The van der Waals surface area contributed by atoms with Crippen molar-refractivity contribution >= 4 is 101 Å². The van der Waals surface area contributed by atoms with E-state index in [1.807, 2.05) is 48.5 Å². The number of benzene rings is 5. The van der Waals surface area contributed by atoms with Crippen LogP contribution in [-0.2, 0) is 10.8 Å². The van der Waals surface area contributed by atoms with E-state index in [9.17, 15) is 0 Å². The Morgan fingerprint density at radius 3 is 0.738 bits per heavy atom. The fourth-order valence-electron chi connectivity index (χ4n) is 5.82. The molecule has 0 saturated heterocycles. The van der Waals surface area contributed by atoms with Gasteiger partial charge in [-0.05, 0) is 95.8 Å². The zero-order valence-electron chi connectivity index (χ0n) is 22.8. The lowest BCUT2D eigenvalue weighted by Gasteiger charge is -2.36. The van der Waals surface area contributed by atoms with Crippen LogP contribution in [0.3, 0.4) is 0 Å². The third kappa shape index (κ3) is 5.95. The Bertz CT molecular complexity index is 1560. The molecule has 0 amide bonds. The Labute approximate surface area is 292 Å². The van der Waals surface area contributed by atoms with E-state index in [-0.39, 0.29) is 0 Å². The summed E-state index contributed by atoms with van der Waals surface area (Å²) in [5.74, 6) is 0. The largest absolute Gasteiger partial charge is 0.143 e. The monoisotopic (exact) mass is 694 g/mol. The molecule has 214 valence electrons. The molecule has 0 aromatic heterocycles. The van der Waals surface area contributed by atoms with Crippen LogP contribution in [-0.4, -0.2) is 0 Å². The van der Waals surface area contributed by atoms with E-state index in [4.69, 9.17) is 50.5 Å². The lowest BCUT2D eigenvalue weighted by atomic mass is 9.68. The molecule has 42 heavy (non-hydrogen) atoms. The standard InChI is InChI=1S/C34H30S8/c1-33(25-11-7-21(35)15-29(25)39,26-12-8-22(36)16-30(26)40)19-3-5-20(6-4-19)34(2,27-13-9-23(37)17-31(27)41)28-14-10-24(38)18-32(28)42/h3-18,35-42H,1-2H3. The summed E-state index contributed by atoms with van der Waals surface area (Å²) in [6, 6.07) is 33.2. The van der Waals surface area contributed by atoms with E-state index in [0.717, 1.165) is 72.5 Å². The third-order valence-electron chi connectivity index (χ3n) is 8.12. The van der Waals surface area contributed by atoms with Crippen LogP contribution in [0.2, 0.25) is 0 Å². The van der Waals surface area contributed by atoms with E-state index in [0.29, 0.717) is 0 Å². The van der Waals surface area contributed by atoms with Gasteiger partial charge in [0, 0.05) is 50.0 Å². The smallest absolute Gasteiger partial charge is 0.0445 e. The Morgan fingerprint density at radius 2 is 0.548 bits per heavy atom. The van der Waals surface area contributed by atoms with Crippen molar-refractivity contribution in [1.29, 1.82) is 0 Å². The summed E-state index contributed by atoms with van der Waals surface area (Å²) in [6.45, 7) is 4.44. The van der Waals surface area contributed by atoms with Crippen LogP contribution < -0.4 is 0 Å². The first-order valence-corrected chi connectivity index (χ1v) is 16.6. The first kappa shape index (κ1) is 32.3. The second kappa shape index (κ2) is 12.7. The first-order valence-electron chi connectivity index (χ1n) is 13.1. The molecule has 0 bridgehead atoms. The lowest BCUT2D eigenvalue weighted by molar-refractivity contribution is 0.647. The average Bonchev–Trinajstić information content (AvgIpc) is 2.92. The van der Waals surface area contributed by atoms with Crippen LogP contribution in [0.5, 0.6) is 0 Å². The van der Waals surface area contributed by atoms with E-state index < -0.39 is 10.8 Å². The van der Waals surface area contributed by atoms with Gasteiger partial charge in [0.1, 0.15) is 0 Å². The molecule has 5 rings (SSSR count). The van der Waals surface area contributed by atoms with Gasteiger partial charge >= 0.3 is 0 Å². The molecular weight excluding hydrogens is 665 g/mol. The molecule has 0 radical (unpaired) electrons. The van der Waals surface area contributed by atoms with Gasteiger partial charge in [-0.1, -0.05) is 48.5 Å². The molecule has 0 fully saturated rings. The highest BCUT2D eigenvalue weighted by molar-refractivity contribution is 7.82. The number of hydrogen-bond donors (Lipinski definition) is 8. The summed E-state index contributed by atoms with van der Waals surface area (Å²) in [5.41, 5.74) is 5.33. The van der Waals surface area contributed by atoms with Crippen molar-refractivity contribution < 1.29 is 0 Å². The first-order chi connectivity index (χ1) is 19.8. The molecule has 0 N–H and O–H groups in total. The van der Waals surface area contributed by atoms with Crippen LogP contribution in [0.15, 0.2) is 136 Å². The molecule has 0 unspecified atom stereocenters. The summed E-state index contributed by atoms with van der Waals surface area (Å²) >= 11 is 37.8. The van der Waals surface area contributed by atoms with Crippen molar-refractivity contribution in [2.24, 2.45) is 0 Å². The summed E-state index contributed by atoms with van der Waals surface area (Å²) in [7, 11) is 0. The molecule has 0 aliphatic rings. The van der Waals surface area contributed by atoms with Crippen LogP contribution in [0.1, 0.15) is 47.2 Å². The highest BCUT2D eigenvalue weighted by Crippen LogP contribution is 2.48. The van der Waals surface area contributed by atoms with Gasteiger partial charge in [-0.15, -0.1) is 101 Å². The van der Waals surface area contributed by atoms with Crippen LogP contribution in [0.4, 0.5) is 0 Å². The molecule has 5 aromatic rings. The maximum Gasteiger partial charge on any atom is 0.0445 e. The van der Waals surface area contributed by atoms with Gasteiger partial charge in [0.15, 0.2) is 0 Å². The molecular formula is C34H30S8. The molecule has 0 saturated carbocycles. The van der Waals surface area contributed by atoms with Gasteiger partial charge in [-0.25, -0.2) is 0 Å². The number of thiol groups is 8. The zero-order valence-corrected chi connectivity index (χ0v) is 30.0. The van der Waals surface area contributed by atoms with Crippen molar-refractivity contribution in [3.8, 4) is 0 Å². The third-order valence-corrected chi connectivity index (χ3v) is 10.7. The number of rotatable bonds is 6. The summed E-state index contributed by atoms with van der Waals surface area (Å²) < 4.78 is 0. The van der Waals surface area contributed by atoms with E-state index in [1.54, 1.807) is 0 Å². The van der Waals surface area contributed by atoms with Crippen LogP contribution in [0.25, 0.3) is 0 Å². The maximum atomic E-state index is 4.90. The van der Waals surface area contributed by atoms with Crippen molar-refractivity contribution in [1.82, 2.24) is 0 Å². The Kier molecular flexibility index (Phi) is 9.78.